The van der Waals surface area contributed by atoms with Crippen LogP contribution < -0.4 is 5.32 Å². The first-order valence-electron chi connectivity index (χ1n) is 7.08. The first-order valence-corrected chi connectivity index (χ1v) is 7.46. The minimum atomic E-state index is -0.248. The summed E-state index contributed by atoms with van der Waals surface area (Å²) in [6, 6.07) is 9.47. The fraction of sp³-hybridized carbons (Fsp3) is 0.118. The van der Waals surface area contributed by atoms with Crippen LogP contribution in [-0.4, -0.2) is 20.7 Å². The van der Waals surface area contributed by atoms with Gasteiger partial charge in [-0.15, -0.1) is 0 Å². The lowest BCUT2D eigenvalue weighted by Gasteiger charge is -2.05. The van der Waals surface area contributed by atoms with E-state index >= 15 is 0 Å². The molecule has 3 rings (SSSR count). The predicted octanol–water partition coefficient (Wildman–Crippen LogP) is 3.58. The molecule has 0 bridgehead atoms. The van der Waals surface area contributed by atoms with Crippen molar-refractivity contribution in [2.24, 2.45) is 7.05 Å². The molecule has 0 saturated heterocycles. The van der Waals surface area contributed by atoms with Crippen molar-refractivity contribution in [2.45, 2.75) is 6.92 Å². The fourth-order valence-corrected chi connectivity index (χ4v) is 2.61. The number of pyridine rings is 1. The first kappa shape index (κ1) is 15.2. The Bertz CT molecular complexity index is 909. The van der Waals surface area contributed by atoms with Crippen LogP contribution >= 0.6 is 11.6 Å². The maximum Gasteiger partial charge on any atom is 0.248 e. The van der Waals surface area contributed by atoms with Crippen LogP contribution in [0.15, 0.2) is 42.6 Å². The van der Waals surface area contributed by atoms with Gasteiger partial charge in [-0.2, -0.15) is 5.10 Å². The van der Waals surface area contributed by atoms with Crippen LogP contribution in [0, 0.1) is 6.92 Å². The van der Waals surface area contributed by atoms with E-state index in [1.807, 2.05) is 37.3 Å². The third-order valence-corrected chi connectivity index (χ3v) is 3.94. The molecule has 0 aliphatic rings. The molecule has 5 nitrogen and oxygen atoms in total. The molecule has 2 heterocycles. The highest BCUT2D eigenvalue weighted by atomic mass is 35.5. The molecule has 1 amide bonds. The third kappa shape index (κ3) is 3.10. The molecule has 0 saturated carbocycles. The maximum atomic E-state index is 12.2. The van der Waals surface area contributed by atoms with Crippen LogP contribution in [0.4, 0.5) is 5.69 Å². The Morgan fingerprint density at radius 2 is 2.09 bits per heavy atom. The quantitative estimate of drug-likeness (QED) is 0.748. The van der Waals surface area contributed by atoms with Crippen molar-refractivity contribution < 1.29 is 4.79 Å². The number of hydrogen-bond donors (Lipinski definition) is 1. The summed E-state index contributed by atoms with van der Waals surface area (Å²) in [4.78, 5) is 16.5. The number of nitrogens with one attached hydrogen (secondary N) is 1. The standard InChI is InChI=1S/C17H15ClN4O/c1-11-13(17(18)22(2)21-11)8-9-15(23)20-14-7-3-5-12-6-4-10-19-16(12)14/h3-10H,1-2H3,(H,20,23)/b9-8+. The highest BCUT2D eigenvalue weighted by Crippen LogP contribution is 2.22. The van der Waals surface area contributed by atoms with Crippen LogP contribution in [0.25, 0.3) is 17.0 Å². The Morgan fingerprint density at radius 1 is 1.30 bits per heavy atom. The molecule has 3 aromatic rings. The Morgan fingerprint density at radius 3 is 2.83 bits per heavy atom. The average molecular weight is 327 g/mol. The van der Waals surface area contributed by atoms with Gasteiger partial charge in [0.2, 0.25) is 5.91 Å². The molecule has 0 spiro atoms. The van der Waals surface area contributed by atoms with E-state index in [0.717, 1.165) is 22.2 Å². The Labute approximate surface area is 138 Å². The van der Waals surface area contributed by atoms with Crippen molar-refractivity contribution in [3.63, 3.8) is 0 Å². The van der Waals surface area contributed by atoms with Gasteiger partial charge in [-0.25, -0.2) is 0 Å². The van der Waals surface area contributed by atoms with E-state index in [1.165, 1.54) is 6.08 Å². The van der Waals surface area contributed by atoms with E-state index < -0.39 is 0 Å². The van der Waals surface area contributed by atoms with Gasteiger partial charge in [-0.05, 0) is 25.1 Å². The molecule has 0 radical (unpaired) electrons. The summed E-state index contributed by atoms with van der Waals surface area (Å²) in [5.41, 5.74) is 2.94. The second kappa shape index (κ2) is 6.22. The normalized spacial score (nSPS) is 11.3. The van der Waals surface area contributed by atoms with Gasteiger partial charge in [0, 0.05) is 30.3 Å². The summed E-state index contributed by atoms with van der Waals surface area (Å²) in [6.07, 6.45) is 4.81. The van der Waals surface area contributed by atoms with Gasteiger partial charge < -0.3 is 5.32 Å². The number of anilines is 1. The molecule has 6 heteroatoms. The number of amides is 1. The van der Waals surface area contributed by atoms with Crippen molar-refractivity contribution in [3.05, 3.63) is 59.0 Å². The second-order valence-corrected chi connectivity index (χ2v) is 5.47. The number of carbonyl (C=O) groups excluding carboxylic acids is 1. The number of para-hydroxylation sites is 1. The van der Waals surface area contributed by atoms with E-state index in [2.05, 4.69) is 15.4 Å². The minimum Gasteiger partial charge on any atom is -0.321 e. The number of nitrogens with zero attached hydrogens (tertiary/aromatic N) is 3. The van der Waals surface area contributed by atoms with Gasteiger partial charge >= 0.3 is 0 Å². The van der Waals surface area contributed by atoms with Crippen LogP contribution in [0.2, 0.25) is 5.15 Å². The molecule has 0 unspecified atom stereocenters. The summed E-state index contributed by atoms with van der Waals surface area (Å²) in [7, 11) is 1.76. The SMILES string of the molecule is Cc1nn(C)c(Cl)c1/C=C/C(=O)Nc1cccc2cccnc12. The van der Waals surface area contributed by atoms with E-state index in [-0.39, 0.29) is 5.91 Å². The van der Waals surface area contributed by atoms with E-state index in [0.29, 0.717) is 10.8 Å². The van der Waals surface area contributed by atoms with Crippen molar-refractivity contribution >= 4 is 40.2 Å². The number of carbonyl (C=O) groups is 1. The Kier molecular flexibility index (Phi) is 4.12. The van der Waals surface area contributed by atoms with Gasteiger partial charge in [-0.1, -0.05) is 29.8 Å². The molecule has 0 fully saturated rings. The number of aromatic nitrogens is 3. The molecule has 1 N–H and O–H groups in total. The lowest BCUT2D eigenvalue weighted by Crippen LogP contribution is -2.08. The third-order valence-electron chi connectivity index (χ3n) is 3.49. The van der Waals surface area contributed by atoms with Crippen molar-refractivity contribution in [2.75, 3.05) is 5.32 Å². The number of hydrogen-bond acceptors (Lipinski definition) is 3. The summed E-state index contributed by atoms with van der Waals surface area (Å²) < 4.78 is 1.57. The fourth-order valence-electron chi connectivity index (χ4n) is 2.37. The zero-order chi connectivity index (χ0) is 16.4. The highest BCUT2D eigenvalue weighted by molar-refractivity contribution is 6.31. The molecule has 1 aromatic carbocycles. The second-order valence-electron chi connectivity index (χ2n) is 5.12. The Balaban J connectivity index is 1.83. The molecule has 0 aliphatic carbocycles. The lowest BCUT2D eigenvalue weighted by molar-refractivity contribution is -0.111. The van der Waals surface area contributed by atoms with E-state index in [1.54, 1.807) is 24.0 Å². The molecule has 23 heavy (non-hydrogen) atoms. The van der Waals surface area contributed by atoms with Crippen LogP contribution in [0.1, 0.15) is 11.3 Å². The van der Waals surface area contributed by atoms with Crippen molar-refractivity contribution in [1.82, 2.24) is 14.8 Å². The summed E-state index contributed by atoms with van der Waals surface area (Å²) in [5.74, 6) is -0.248. The monoisotopic (exact) mass is 326 g/mol. The summed E-state index contributed by atoms with van der Waals surface area (Å²) >= 11 is 6.14. The zero-order valence-electron chi connectivity index (χ0n) is 12.7. The molecule has 0 aliphatic heterocycles. The topological polar surface area (TPSA) is 59.8 Å². The van der Waals surface area contributed by atoms with Gasteiger partial charge in [-0.3, -0.25) is 14.5 Å². The van der Waals surface area contributed by atoms with E-state index in [9.17, 15) is 4.79 Å². The molecule has 116 valence electrons. The lowest BCUT2D eigenvalue weighted by atomic mass is 10.2. The smallest absolute Gasteiger partial charge is 0.248 e. The minimum absolute atomic E-state index is 0.248. The largest absolute Gasteiger partial charge is 0.321 e. The molecule has 2 aromatic heterocycles. The van der Waals surface area contributed by atoms with Crippen LogP contribution in [-0.2, 0) is 11.8 Å². The molecular weight excluding hydrogens is 312 g/mol. The predicted molar refractivity (Wildman–Crippen MR) is 92.4 cm³/mol. The average Bonchev–Trinajstić information content (AvgIpc) is 2.78. The first-order chi connectivity index (χ1) is 11.1. The number of benzene rings is 1. The molecular formula is C17H15ClN4O. The van der Waals surface area contributed by atoms with E-state index in [4.69, 9.17) is 11.6 Å². The zero-order valence-corrected chi connectivity index (χ0v) is 13.5. The summed E-state index contributed by atoms with van der Waals surface area (Å²) in [5, 5.41) is 8.52. The summed E-state index contributed by atoms with van der Waals surface area (Å²) in [6.45, 7) is 1.85. The van der Waals surface area contributed by atoms with Crippen molar-refractivity contribution in [1.29, 1.82) is 0 Å². The van der Waals surface area contributed by atoms with Gasteiger partial charge in [0.05, 0.1) is 16.9 Å². The van der Waals surface area contributed by atoms with Crippen LogP contribution in [0.5, 0.6) is 0 Å². The maximum absolute atomic E-state index is 12.2. The van der Waals surface area contributed by atoms with Gasteiger partial charge in [0.15, 0.2) is 0 Å². The van der Waals surface area contributed by atoms with Gasteiger partial charge in [0.25, 0.3) is 0 Å². The Hall–Kier alpha value is -2.66. The van der Waals surface area contributed by atoms with Crippen LogP contribution in [0.3, 0.4) is 0 Å². The number of aryl methyl sites for hydroxylation is 2. The van der Waals surface area contributed by atoms with Gasteiger partial charge in [0.1, 0.15) is 5.15 Å². The molecule has 0 atom stereocenters. The highest BCUT2D eigenvalue weighted by Gasteiger charge is 2.09. The van der Waals surface area contributed by atoms with Crippen molar-refractivity contribution in [3.8, 4) is 0 Å². The number of halogens is 1. The number of rotatable bonds is 3. The number of fused-ring (bicyclic) bond motifs is 1.